The molecule has 1 amide bonds. The van der Waals surface area contributed by atoms with E-state index in [1.54, 1.807) is 0 Å². The number of aromatic nitrogens is 3. The summed E-state index contributed by atoms with van der Waals surface area (Å²) in [5.41, 5.74) is -2.36. The number of hydrogen-bond acceptors (Lipinski definition) is 4. The summed E-state index contributed by atoms with van der Waals surface area (Å²) in [6.07, 6.45) is 6.90. The van der Waals surface area contributed by atoms with Crippen LogP contribution in [0.3, 0.4) is 0 Å². The highest BCUT2D eigenvalue weighted by atomic mass is 16.2. The number of carbonyl (C=O) groups is 1. The van der Waals surface area contributed by atoms with Crippen LogP contribution >= 0.6 is 0 Å². The van der Waals surface area contributed by atoms with Crippen molar-refractivity contribution in [2.45, 2.75) is 58.3 Å². The van der Waals surface area contributed by atoms with Crippen molar-refractivity contribution in [3.05, 3.63) is 56.8 Å². The van der Waals surface area contributed by atoms with E-state index in [-0.39, 0.29) is 19.1 Å². The van der Waals surface area contributed by atoms with Crippen LogP contribution in [0, 0.1) is 5.92 Å². The molecule has 1 saturated carbocycles. The summed E-state index contributed by atoms with van der Waals surface area (Å²) in [6, 6.07) is 0.0430. The minimum absolute atomic E-state index is 0.0430. The second kappa shape index (κ2) is 8.64. The molecule has 1 N–H and O–H groups in total. The van der Waals surface area contributed by atoms with Gasteiger partial charge in [-0.2, -0.15) is 0 Å². The monoisotopic (exact) mass is 362 g/mol. The largest absolute Gasteiger partial charge is 0.352 e. The molecule has 2 unspecified atom stereocenters. The summed E-state index contributed by atoms with van der Waals surface area (Å²) in [5.74, 6) is -0.0477. The van der Waals surface area contributed by atoms with Gasteiger partial charge in [0.25, 0.3) is 0 Å². The zero-order chi connectivity index (χ0) is 19.3. The first-order valence-electron chi connectivity index (χ1n) is 8.86. The van der Waals surface area contributed by atoms with E-state index in [0.29, 0.717) is 5.92 Å². The zero-order valence-corrected chi connectivity index (χ0v) is 15.1. The van der Waals surface area contributed by atoms with E-state index in [1.807, 2.05) is 0 Å². The van der Waals surface area contributed by atoms with Gasteiger partial charge in [0.2, 0.25) is 5.91 Å². The Bertz CT molecular complexity index is 813. The van der Waals surface area contributed by atoms with Crippen LogP contribution in [0.1, 0.15) is 32.6 Å². The Morgan fingerprint density at radius 1 is 1.00 bits per heavy atom. The maximum Gasteiger partial charge on any atom is 0.337 e. The molecule has 1 aliphatic rings. The molecular weight excluding hydrogens is 336 g/mol. The molecule has 0 radical (unpaired) electrons. The Kier molecular flexibility index (Phi) is 6.54. The predicted octanol–water partition coefficient (Wildman–Crippen LogP) is 0.239. The molecule has 2 rings (SSSR count). The lowest BCUT2D eigenvalue weighted by molar-refractivity contribution is -0.123. The third-order valence-electron chi connectivity index (χ3n) is 4.77. The fourth-order valence-corrected chi connectivity index (χ4v) is 3.32. The lowest BCUT2D eigenvalue weighted by atomic mass is 9.86. The van der Waals surface area contributed by atoms with Crippen LogP contribution in [-0.2, 0) is 24.4 Å². The molecule has 0 bridgehead atoms. The lowest BCUT2D eigenvalue weighted by Gasteiger charge is -2.29. The number of amides is 1. The molecule has 26 heavy (non-hydrogen) atoms. The average Bonchev–Trinajstić information content (AvgIpc) is 2.61. The maximum atomic E-state index is 12.5. The number of allylic oxidation sites excluding steroid dienone is 2. The van der Waals surface area contributed by atoms with Crippen LogP contribution in [0.15, 0.2) is 39.7 Å². The van der Waals surface area contributed by atoms with Crippen molar-refractivity contribution in [3.8, 4) is 0 Å². The quantitative estimate of drug-likeness (QED) is 0.703. The topological polar surface area (TPSA) is 95.1 Å². The van der Waals surface area contributed by atoms with Crippen molar-refractivity contribution in [2.24, 2.45) is 5.92 Å². The van der Waals surface area contributed by atoms with Gasteiger partial charge in [0.15, 0.2) is 0 Å². The van der Waals surface area contributed by atoms with Crippen LogP contribution in [0.5, 0.6) is 0 Å². The first-order valence-corrected chi connectivity index (χ1v) is 8.86. The smallest absolute Gasteiger partial charge is 0.337 e. The minimum atomic E-state index is -0.813. The van der Waals surface area contributed by atoms with E-state index in [2.05, 4.69) is 25.4 Å². The zero-order valence-electron chi connectivity index (χ0n) is 15.1. The highest BCUT2D eigenvalue weighted by Crippen LogP contribution is 2.23. The number of hydrogen-bond donors (Lipinski definition) is 1. The predicted molar refractivity (Wildman–Crippen MR) is 99.2 cm³/mol. The summed E-state index contributed by atoms with van der Waals surface area (Å²) < 4.78 is 2.56. The number of carbonyl (C=O) groups excluding carboxylic acids is 1. The molecule has 8 nitrogen and oxygen atoms in total. The average molecular weight is 362 g/mol. The Labute approximate surface area is 151 Å². The molecule has 0 spiro atoms. The minimum Gasteiger partial charge on any atom is -0.352 e. The summed E-state index contributed by atoms with van der Waals surface area (Å²) in [4.78, 5) is 49.7. The van der Waals surface area contributed by atoms with Gasteiger partial charge in [-0.15, -0.1) is 13.2 Å². The summed E-state index contributed by atoms with van der Waals surface area (Å²) in [5, 5.41) is 2.91. The van der Waals surface area contributed by atoms with E-state index in [0.717, 1.165) is 39.4 Å². The van der Waals surface area contributed by atoms with E-state index >= 15 is 0 Å². The highest BCUT2D eigenvalue weighted by molar-refractivity contribution is 5.76. The molecule has 1 fully saturated rings. The molecule has 1 aromatic heterocycles. The third-order valence-corrected chi connectivity index (χ3v) is 4.77. The van der Waals surface area contributed by atoms with Gasteiger partial charge in [-0.1, -0.05) is 31.9 Å². The summed E-state index contributed by atoms with van der Waals surface area (Å²) in [6.45, 7) is 8.60. The van der Waals surface area contributed by atoms with Crippen molar-refractivity contribution in [3.63, 3.8) is 0 Å². The van der Waals surface area contributed by atoms with E-state index in [1.165, 1.54) is 12.2 Å². The normalized spacial score (nSPS) is 19.7. The van der Waals surface area contributed by atoms with Crippen molar-refractivity contribution in [1.29, 1.82) is 0 Å². The van der Waals surface area contributed by atoms with Gasteiger partial charge in [0, 0.05) is 6.04 Å². The molecular formula is C18H26N4O4. The molecule has 0 aromatic carbocycles. The molecule has 1 aromatic rings. The molecule has 8 heteroatoms. The van der Waals surface area contributed by atoms with Gasteiger partial charge >= 0.3 is 17.1 Å². The molecule has 1 heterocycles. The van der Waals surface area contributed by atoms with Gasteiger partial charge in [-0.05, 0) is 18.8 Å². The van der Waals surface area contributed by atoms with Crippen molar-refractivity contribution >= 4 is 5.91 Å². The van der Waals surface area contributed by atoms with Crippen molar-refractivity contribution in [2.75, 3.05) is 0 Å². The number of nitrogens with zero attached hydrogens (tertiary/aromatic N) is 3. The van der Waals surface area contributed by atoms with Crippen LogP contribution in [0.4, 0.5) is 0 Å². The van der Waals surface area contributed by atoms with Gasteiger partial charge in [0.05, 0.1) is 13.1 Å². The Morgan fingerprint density at radius 2 is 1.50 bits per heavy atom. The third kappa shape index (κ3) is 4.12. The van der Waals surface area contributed by atoms with Gasteiger partial charge in [-0.25, -0.2) is 28.1 Å². The van der Waals surface area contributed by atoms with Crippen molar-refractivity contribution < 1.29 is 4.79 Å². The van der Waals surface area contributed by atoms with E-state index in [4.69, 9.17) is 0 Å². The first kappa shape index (κ1) is 19.7. The fourth-order valence-electron chi connectivity index (χ4n) is 3.32. The highest BCUT2D eigenvalue weighted by Gasteiger charge is 2.24. The molecule has 142 valence electrons. The molecule has 0 saturated heterocycles. The van der Waals surface area contributed by atoms with Gasteiger partial charge in [-0.3, -0.25) is 4.79 Å². The van der Waals surface area contributed by atoms with Crippen LogP contribution in [-0.4, -0.2) is 25.7 Å². The number of rotatable bonds is 7. The second-order valence-corrected chi connectivity index (χ2v) is 6.67. The first-order chi connectivity index (χ1) is 12.4. The van der Waals surface area contributed by atoms with Gasteiger partial charge in [0.1, 0.15) is 6.54 Å². The van der Waals surface area contributed by atoms with Gasteiger partial charge < -0.3 is 5.32 Å². The lowest BCUT2D eigenvalue weighted by Crippen LogP contribution is -2.56. The second-order valence-electron chi connectivity index (χ2n) is 6.67. The van der Waals surface area contributed by atoms with E-state index in [9.17, 15) is 19.2 Å². The molecule has 2 atom stereocenters. The Morgan fingerprint density at radius 3 is 2.00 bits per heavy atom. The van der Waals surface area contributed by atoms with E-state index < -0.39 is 29.5 Å². The maximum absolute atomic E-state index is 12.5. The van der Waals surface area contributed by atoms with Crippen LogP contribution in [0.2, 0.25) is 0 Å². The van der Waals surface area contributed by atoms with Crippen molar-refractivity contribution in [1.82, 2.24) is 19.0 Å². The molecule has 1 aliphatic carbocycles. The summed E-state index contributed by atoms with van der Waals surface area (Å²) in [7, 11) is 0. The van der Waals surface area contributed by atoms with Crippen LogP contribution in [0.25, 0.3) is 0 Å². The Balaban J connectivity index is 2.35. The fraction of sp³-hybridized carbons (Fsp3) is 0.556. The Hall–Kier alpha value is -2.64. The molecule has 0 aliphatic heterocycles. The SMILES string of the molecule is C=CCn1c(=O)n(CC=C)c(=O)n(CC(=O)NC2CCCCC2C)c1=O. The standard InChI is InChI=1S/C18H26N4O4/c1-4-10-20-16(24)21(11-5-2)18(26)22(17(20)25)12-15(23)19-14-9-7-6-8-13(14)3/h4-5,13-14H,1-2,6-12H2,3H3,(H,19,23). The number of nitrogens with one attached hydrogen (secondary N) is 1. The summed E-state index contributed by atoms with van der Waals surface area (Å²) >= 11 is 0. The van der Waals surface area contributed by atoms with Crippen LogP contribution < -0.4 is 22.4 Å².